The lowest BCUT2D eigenvalue weighted by Crippen LogP contribution is -2.36. The highest BCUT2D eigenvalue weighted by Crippen LogP contribution is 2.62. The van der Waals surface area contributed by atoms with E-state index in [1.54, 1.807) is 20.8 Å². The fourth-order valence-corrected chi connectivity index (χ4v) is 4.82. The standard InChI is InChI=1S/C25H26ClFN4O5S.C2H6.CH3F/c1-24(2,3)36-23(35)31-22(28-4)37-25(10-9-20(32)33)12-17(25)16-11-15(6-7-18(16)27)30-21(34)19-8-5-14(26)13-29-19;2*1-2/h5-11,13,17H,12H2,1-4H3,(H,30,34)(H,32,33)(H,28,31,35);1-2H3;1H3/b10-9+;;/t17?,25-;;/m0../s1. The molecule has 3 rings (SSSR count). The number of amides is 2. The first-order valence-corrected chi connectivity index (χ1v) is 13.7. The van der Waals surface area contributed by atoms with Crippen molar-refractivity contribution >= 4 is 52.2 Å². The summed E-state index contributed by atoms with van der Waals surface area (Å²) >= 11 is 6.91. The first-order chi connectivity index (χ1) is 19.3. The first kappa shape index (κ1) is 35.5. The van der Waals surface area contributed by atoms with E-state index < -0.39 is 40.1 Å². The van der Waals surface area contributed by atoms with Crippen LogP contribution in [-0.2, 0) is 9.53 Å². The largest absolute Gasteiger partial charge is 0.478 e. The molecule has 1 saturated carbocycles. The highest BCUT2D eigenvalue weighted by molar-refractivity contribution is 8.15. The van der Waals surface area contributed by atoms with E-state index >= 15 is 0 Å². The zero-order valence-corrected chi connectivity index (χ0v) is 25.5. The molecule has 1 aliphatic rings. The number of nitrogens with one attached hydrogen (secondary N) is 2. The maximum Gasteiger partial charge on any atom is 0.413 e. The Balaban J connectivity index is 0.00000201. The predicted octanol–water partition coefficient (Wildman–Crippen LogP) is 6.85. The number of carbonyl (C=O) groups is 3. The number of nitrogens with zero attached hydrogens (tertiary/aromatic N) is 2. The summed E-state index contributed by atoms with van der Waals surface area (Å²) in [6.07, 6.45) is 3.42. The Morgan fingerprint density at radius 1 is 1.22 bits per heavy atom. The van der Waals surface area contributed by atoms with Crippen LogP contribution in [0.1, 0.15) is 63.0 Å². The van der Waals surface area contributed by atoms with Crippen LogP contribution in [0.4, 0.5) is 19.3 Å². The van der Waals surface area contributed by atoms with Crippen LogP contribution < -0.4 is 10.6 Å². The van der Waals surface area contributed by atoms with Gasteiger partial charge in [0.1, 0.15) is 17.1 Å². The first-order valence-electron chi connectivity index (χ1n) is 12.5. The van der Waals surface area contributed by atoms with Gasteiger partial charge in [0, 0.05) is 35.7 Å². The summed E-state index contributed by atoms with van der Waals surface area (Å²) in [5.41, 5.74) is 0.0131. The maximum absolute atomic E-state index is 14.9. The third-order valence-corrected chi connectivity index (χ3v) is 6.82. The second-order valence-electron chi connectivity index (χ2n) is 9.19. The molecule has 1 unspecified atom stereocenters. The summed E-state index contributed by atoms with van der Waals surface area (Å²) in [4.78, 5) is 44.1. The van der Waals surface area contributed by atoms with E-state index in [-0.39, 0.29) is 16.4 Å². The van der Waals surface area contributed by atoms with Crippen LogP contribution in [0.5, 0.6) is 0 Å². The highest BCUT2D eigenvalue weighted by atomic mass is 35.5. The zero-order valence-electron chi connectivity index (χ0n) is 23.9. The van der Waals surface area contributed by atoms with Gasteiger partial charge < -0.3 is 15.2 Å². The highest BCUT2D eigenvalue weighted by Gasteiger charge is 2.56. The second kappa shape index (κ2) is 16.1. The van der Waals surface area contributed by atoms with Gasteiger partial charge in [-0.1, -0.05) is 43.3 Å². The molecule has 0 spiro atoms. The van der Waals surface area contributed by atoms with Crippen LogP contribution in [0.2, 0.25) is 5.02 Å². The molecule has 1 heterocycles. The number of hydrogen-bond donors (Lipinski definition) is 3. The molecule has 13 heteroatoms. The molecule has 224 valence electrons. The molecule has 1 fully saturated rings. The van der Waals surface area contributed by atoms with Crippen molar-refractivity contribution in [2.24, 2.45) is 4.99 Å². The fraction of sp³-hybridized carbons (Fsp3) is 0.393. The molecule has 2 amide bonds. The molecule has 1 aromatic carbocycles. The number of alkyl carbamates (subject to hydrolysis) is 1. The molecule has 2 aromatic rings. The van der Waals surface area contributed by atoms with Crippen molar-refractivity contribution in [3.8, 4) is 0 Å². The number of hydrogen-bond acceptors (Lipinski definition) is 7. The van der Waals surface area contributed by atoms with Crippen LogP contribution in [0.25, 0.3) is 0 Å². The van der Waals surface area contributed by atoms with Crippen molar-refractivity contribution in [3.05, 3.63) is 70.8 Å². The molecule has 3 N–H and O–H groups in total. The number of carbonyl (C=O) groups excluding carboxylic acids is 2. The Kier molecular flexibility index (Phi) is 13.9. The summed E-state index contributed by atoms with van der Waals surface area (Å²) in [5.74, 6) is -2.65. The van der Waals surface area contributed by atoms with E-state index in [2.05, 4.69) is 20.6 Å². The number of carboxylic acids is 1. The molecule has 0 bridgehead atoms. The summed E-state index contributed by atoms with van der Waals surface area (Å²) in [6, 6.07) is 7.13. The van der Waals surface area contributed by atoms with Gasteiger partial charge in [0.2, 0.25) is 0 Å². The molecule has 1 aromatic heterocycles. The quantitative estimate of drug-likeness (QED) is 0.185. The number of anilines is 1. The van der Waals surface area contributed by atoms with Gasteiger partial charge in [-0.25, -0.2) is 19.0 Å². The number of amidine groups is 1. The van der Waals surface area contributed by atoms with Gasteiger partial charge in [-0.2, -0.15) is 0 Å². The Labute approximate surface area is 247 Å². The molecule has 2 atom stereocenters. The summed E-state index contributed by atoms with van der Waals surface area (Å²) in [6.45, 7) is 9.15. The van der Waals surface area contributed by atoms with Crippen LogP contribution in [0.3, 0.4) is 0 Å². The Hall–Kier alpha value is -3.51. The van der Waals surface area contributed by atoms with Gasteiger partial charge in [0.25, 0.3) is 5.91 Å². The number of ether oxygens (including phenoxy) is 1. The Morgan fingerprint density at radius 3 is 2.41 bits per heavy atom. The molecular weight excluding hydrogens is 578 g/mol. The van der Waals surface area contributed by atoms with Gasteiger partial charge in [-0.3, -0.25) is 19.5 Å². The molecule has 0 aliphatic heterocycles. The van der Waals surface area contributed by atoms with Gasteiger partial charge in [0.15, 0.2) is 5.17 Å². The number of rotatable bonds is 6. The van der Waals surface area contributed by atoms with Crippen LogP contribution in [-0.4, -0.2) is 57.8 Å². The smallest absolute Gasteiger partial charge is 0.413 e. The summed E-state index contributed by atoms with van der Waals surface area (Å²) in [7, 11) is 1.97. The van der Waals surface area contributed by atoms with Crippen molar-refractivity contribution in [3.63, 3.8) is 0 Å². The Morgan fingerprint density at radius 2 is 1.88 bits per heavy atom. The number of pyridine rings is 1. The lowest BCUT2D eigenvalue weighted by Gasteiger charge is -2.21. The number of halogens is 3. The van der Waals surface area contributed by atoms with Gasteiger partial charge >= 0.3 is 12.1 Å². The van der Waals surface area contributed by atoms with Gasteiger partial charge in [-0.15, -0.1) is 0 Å². The average Bonchev–Trinajstić information content (AvgIpc) is 3.63. The minimum absolute atomic E-state index is 0.132. The predicted molar refractivity (Wildman–Crippen MR) is 159 cm³/mol. The molecule has 41 heavy (non-hydrogen) atoms. The maximum atomic E-state index is 14.9. The number of alkyl halides is 1. The molecule has 0 radical (unpaired) electrons. The topological polar surface area (TPSA) is 130 Å². The number of benzene rings is 1. The van der Waals surface area contributed by atoms with Crippen molar-refractivity contribution in [1.29, 1.82) is 0 Å². The minimum atomic E-state index is -1.17. The lowest BCUT2D eigenvalue weighted by molar-refractivity contribution is -0.131. The average molecular weight is 613 g/mol. The van der Waals surface area contributed by atoms with E-state index in [4.69, 9.17) is 16.3 Å². The van der Waals surface area contributed by atoms with Crippen LogP contribution in [0, 0.1) is 5.82 Å². The van der Waals surface area contributed by atoms with Gasteiger partial charge in [0.05, 0.1) is 12.2 Å². The van der Waals surface area contributed by atoms with Crippen LogP contribution >= 0.6 is 23.4 Å². The van der Waals surface area contributed by atoms with E-state index in [1.165, 1.54) is 49.7 Å². The Bertz CT molecular complexity index is 1270. The van der Waals surface area contributed by atoms with E-state index in [1.807, 2.05) is 13.8 Å². The van der Waals surface area contributed by atoms with Crippen molar-refractivity contribution in [1.82, 2.24) is 10.3 Å². The monoisotopic (exact) mass is 612 g/mol. The van der Waals surface area contributed by atoms with E-state index in [9.17, 15) is 28.3 Å². The number of aliphatic carboxylic acids is 1. The van der Waals surface area contributed by atoms with Crippen LogP contribution in [0.15, 0.2) is 53.7 Å². The summed E-state index contributed by atoms with van der Waals surface area (Å²) in [5, 5.41) is 15.0. The van der Waals surface area contributed by atoms with E-state index in [0.29, 0.717) is 24.3 Å². The SMILES string of the molecule is CC.CF.CN=C(NC(=O)OC(C)(C)C)S[C@@]1(/C=C/C(=O)O)CC1c1cc(NC(=O)c2ccc(Cl)cn2)ccc1F. The molecule has 0 saturated heterocycles. The van der Waals surface area contributed by atoms with Gasteiger partial charge in [-0.05, 0) is 63.1 Å². The number of carboxylic acid groups (broad SMARTS) is 1. The molecule has 9 nitrogen and oxygen atoms in total. The summed E-state index contributed by atoms with van der Waals surface area (Å²) < 4.78 is 28.8. The normalized spacial score (nSPS) is 17.8. The molecular formula is C28H35ClF2N4O5S. The zero-order chi connectivity index (χ0) is 31.4. The minimum Gasteiger partial charge on any atom is -0.478 e. The van der Waals surface area contributed by atoms with Crippen molar-refractivity contribution in [2.75, 3.05) is 19.5 Å². The van der Waals surface area contributed by atoms with Crippen molar-refractivity contribution in [2.45, 2.75) is 57.3 Å². The second-order valence-corrected chi connectivity index (χ2v) is 11.0. The third-order valence-electron chi connectivity index (χ3n) is 5.15. The molecule has 1 aliphatic carbocycles. The fourth-order valence-electron chi connectivity index (χ4n) is 3.47. The lowest BCUT2D eigenvalue weighted by atomic mass is 10.1. The van der Waals surface area contributed by atoms with Crippen molar-refractivity contribution < 1.29 is 33.0 Å². The number of thioether (sulfide) groups is 1. The number of aromatic nitrogens is 1. The number of aliphatic imine (C=N–C) groups is 1. The third kappa shape index (κ3) is 11.1. The van der Waals surface area contributed by atoms with E-state index in [0.717, 1.165) is 17.8 Å².